The summed E-state index contributed by atoms with van der Waals surface area (Å²) < 4.78 is 5.75. The van der Waals surface area contributed by atoms with Crippen LogP contribution in [0, 0.1) is 12.8 Å². The van der Waals surface area contributed by atoms with Crippen molar-refractivity contribution < 1.29 is 4.74 Å². The molecule has 3 nitrogen and oxygen atoms in total. The summed E-state index contributed by atoms with van der Waals surface area (Å²) in [4.78, 5) is 7.37. The van der Waals surface area contributed by atoms with Gasteiger partial charge in [-0.1, -0.05) is 92.6 Å². The van der Waals surface area contributed by atoms with Crippen molar-refractivity contribution in [2.24, 2.45) is 10.9 Å². The van der Waals surface area contributed by atoms with E-state index >= 15 is 0 Å². The molecule has 45 heavy (non-hydrogen) atoms. The summed E-state index contributed by atoms with van der Waals surface area (Å²) in [7, 11) is 2.34. The second-order valence-corrected chi connectivity index (χ2v) is 14.0. The van der Waals surface area contributed by atoms with Crippen LogP contribution in [0.4, 0.5) is 0 Å². The Hall–Kier alpha value is -3.01. The van der Waals surface area contributed by atoms with E-state index in [1.165, 1.54) is 88.8 Å². The van der Waals surface area contributed by atoms with Crippen molar-refractivity contribution in [3.05, 3.63) is 112 Å². The summed E-state index contributed by atoms with van der Waals surface area (Å²) >= 11 is 0. The Kier molecular flexibility index (Phi) is 11.0. The van der Waals surface area contributed by atoms with Gasteiger partial charge in [-0.2, -0.15) is 0 Å². The van der Waals surface area contributed by atoms with Gasteiger partial charge in [-0.15, -0.1) is 0 Å². The van der Waals surface area contributed by atoms with Crippen LogP contribution in [0.15, 0.2) is 78.3 Å². The van der Waals surface area contributed by atoms with Gasteiger partial charge >= 0.3 is 0 Å². The molecule has 0 radical (unpaired) electrons. The van der Waals surface area contributed by atoms with Gasteiger partial charge in [0.05, 0.1) is 0 Å². The monoisotopic (exact) mass is 602 g/mol. The van der Waals surface area contributed by atoms with Gasteiger partial charge in [-0.25, -0.2) is 0 Å². The number of aliphatic imine (C=N–C) groups is 1. The molecule has 0 aromatic heterocycles. The molecule has 3 heteroatoms. The Balaban J connectivity index is 1.36. The molecule has 6 rings (SSSR count). The predicted octanol–water partition coefficient (Wildman–Crippen LogP) is 9.39. The first-order valence-corrected chi connectivity index (χ1v) is 17.8. The molecule has 3 aliphatic rings. The van der Waals surface area contributed by atoms with Crippen LogP contribution in [0.3, 0.4) is 0 Å². The SMILES string of the molecule is C=C(c1cc(CCc2ccccc2)c(C)cc1C(CN(C)C1CCOCC1)c1ccc(CC2=NCCC2)cc1)C1CCCCC1. The van der Waals surface area contributed by atoms with Crippen LogP contribution in [-0.4, -0.2) is 50.0 Å². The lowest BCUT2D eigenvalue weighted by molar-refractivity contribution is 0.0422. The van der Waals surface area contributed by atoms with Crippen LogP contribution >= 0.6 is 0 Å². The Morgan fingerprint density at radius 1 is 0.889 bits per heavy atom. The van der Waals surface area contributed by atoms with Gasteiger partial charge in [-0.05, 0) is 116 Å². The minimum absolute atomic E-state index is 0.285. The maximum absolute atomic E-state index is 5.75. The first-order valence-electron chi connectivity index (χ1n) is 17.8. The molecule has 2 heterocycles. The van der Waals surface area contributed by atoms with Crippen molar-refractivity contribution in [1.82, 2.24) is 4.90 Å². The van der Waals surface area contributed by atoms with E-state index in [0.29, 0.717) is 12.0 Å². The van der Waals surface area contributed by atoms with Crippen LogP contribution in [0.2, 0.25) is 0 Å². The van der Waals surface area contributed by atoms with Crippen LogP contribution < -0.4 is 0 Å². The highest BCUT2D eigenvalue weighted by Crippen LogP contribution is 2.41. The molecule has 0 bridgehead atoms. The second kappa shape index (κ2) is 15.5. The molecule has 1 atom stereocenters. The van der Waals surface area contributed by atoms with E-state index in [2.05, 4.69) is 85.6 Å². The van der Waals surface area contributed by atoms with Crippen LogP contribution in [0.1, 0.15) is 103 Å². The zero-order valence-electron chi connectivity index (χ0n) is 27.9. The van der Waals surface area contributed by atoms with E-state index in [1.807, 2.05) is 0 Å². The standard InChI is InChI=1S/C42H54N2O/c1-31-27-41(40(32(2)35-13-8-5-9-14-35)29-37(31)21-16-33-11-6-4-7-12-33)42(30-44(3)39-22-25-45-26-23-39)36-19-17-34(18-20-36)28-38-15-10-24-43-38/h4,6-7,11-12,17-20,27,29,35,39,42H,2,5,8-10,13-16,21-26,28,30H2,1,3H3. The summed E-state index contributed by atoms with van der Waals surface area (Å²) in [6.45, 7) is 11.0. The first kappa shape index (κ1) is 32.0. The van der Waals surface area contributed by atoms with Gasteiger partial charge in [0.2, 0.25) is 0 Å². The third kappa shape index (κ3) is 8.23. The Labute approximate surface area is 272 Å². The lowest BCUT2D eigenvalue weighted by Crippen LogP contribution is -2.39. The Bertz CT molecular complexity index is 1430. The van der Waals surface area contributed by atoms with Crippen molar-refractivity contribution in [2.45, 2.75) is 95.9 Å². The largest absolute Gasteiger partial charge is 0.381 e. The fourth-order valence-corrected chi connectivity index (χ4v) is 8.00. The first-order chi connectivity index (χ1) is 22.0. The minimum atomic E-state index is 0.285. The van der Waals surface area contributed by atoms with E-state index in [4.69, 9.17) is 16.3 Å². The molecule has 0 N–H and O–H groups in total. The lowest BCUT2D eigenvalue weighted by atomic mass is 9.76. The molecule has 0 amide bonds. The topological polar surface area (TPSA) is 24.8 Å². The molecule has 238 valence electrons. The normalized spacial score (nSPS) is 18.7. The number of ether oxygens (including phenoxy) is 1. The average Bonchev–Trinajstić information content (AvgIpc) is 3.61. The van der Waals surface area contributed by atoms with Gasteiger partial charge in [-0.3, -0.25) is 4.99 Å². The summed E-state index contributed by atoms with van der Waals surface area (Å²) in [5, 5.41) is 0. The molecular weight excluding hydrogens is 548 g/mol. The quantitative estimate of drug-likeness (QED) is 0.206. The van der Waals surface area contributed by atoms with Crippen molar-refractivity contribution in [2.75, 3.05) is 33.4 Å². The molecule has 3 aromatic carbocycles. The number of hydrogen-bond donors (Lipinski definition) is 0. The van der Waals surface area contributed by atoms with E-state index in [0.717, 1.165) is 64.8 Å². The molecular formula is C42H54N2O. The molecule has 0 spiro atoms. The second-order valence-electron chi connectivity index (χ2n) is 14.0. The maximum Gasteiger partial charge on any atom is 0.0480 e. The fraction of sp³-hybridized carbons (Fsp3) is 0.500. The zero-order valence-corrected chi connectivity index (χ0v) is 27.9. The smallest absolute Gasteiger partial charge is 0.0480 e. The molecule has 3 aromatic rings. The minimum Gasteiger partial charge on any atom is -0.381 e. The maximum atomic E-state index is 5.75. The number of likely N-dealkylation sites (N-methyl/N-ethyl adjacent to an activating group) is 1. The van der Waals surface area contributed by atoms with E-state index in [9.17, 15) is 0 Å². The van der Waals surface area contributed by atoms with E-state index < -0.39 is 0 Å². The van der Waals surface area contributed by atoms with Crippen molar-refractivity contribution in [3.8, 4) is 0 Å². The van der Waals surface area contributed by atoms with Crippen LogP contribution in [0.5, 0.6) is 0 Å². The highest BCUT2D eigenvalue weighted by molar-refractivity contribution is 5.87. The molecule has 1 unspecified atom stereocenters. The van der Waals surface area contributed by atoms with Crippen molar-refractivity contribution in [3.63, 3.8) is 0 Å². The Morgan fingerprint density at radius 2 is 1.64 bits per heavy atom. The summed E-state index contributed by atoms with van der Waals surface area (Å²) in [6, 6.07) is 26.2. The van der Waals surface area contributed by atoms with Gasteiger partial charge < -0.3 is 9.64 Å². The highest BCUT2D eigenvalue weighted by Gasteiger charge is 2.28. The molecule has 2 fully saturated rings. The molecule has 2 aliphatic heterocycles. The van der Waals surface area contributed by atoms with Crippen LogP contribution in [-0.2, 0) is 24.0 Å². The van der Waals surface area contributed by atoms with Gasteiger partial charge in [0, 0.05) is 50.4 Å². The summed E-state index contributed by atoms with van der Waals surface area (Å²) in [5.74, 6) is 0.874. The van der Waals surface area contributed by atoms with E-state index in [-0.39, 0.29) is 5.92 Å². The molecule has 1 aliphatic carbocycles. The lowest BCUT2D eigenvalue weighted by Gasteiger charge is -2.35. The number of nitrogens with zero attached hydrogens (tertiary/aromatic N) is 2. The Morgan fingerprint density at radius 3 is 2.36 bits per heavy atom. The third-order valence-corrected chi connectivity index (χ3v) is 10.9. The number of allylic oxidation sites excluding steroid dienone is 1. The van der Waals surface area contributed by atoms with Crippen LogP contribution in [0.25, 0.3) is 5.57 Å². The van der Waals surface area contributed by atoms with Gasteiger partial charge in [0.25, 0.3) is 0 Å². The fourth-order valence-electron chi connectivity index (χ4n) is 8.00. The number of aryl methyl sites for hydroxylation is 3. The number of benzene rings is 3. The summed E-state index contributed by atoms with van der Waals surface area (Å²) in [6.07, 6.45) is 14.3. The highest BCUT2D eigenvalue weighted by atomic mass is 16.5. The zero-order chi connectivity index (χ0) is 31.0. The molecule has 1 saturated carbocycles. The van der Waals surface area contributed by atoms with Crippen molar-refractivity contribution in [1.29, 1.82) is 0 Å². The molecule has 1 saturated heterocycles. The number of hydrogen-bond acceptors (Lipinski definition) is 3. The van der Waals surface area contributed by atoms with Gasteiger partial charge in [0.1, 0.15) is 0 Å². The number of rotatable bonds is 12. The third-order valence-electron chi connectivity index (χ3n) is 10.9. The van der Waals surface area contributed by atoms with Gasteiger partial charge in [0.15, 0.2) is 0 Å². The average molecular weight is 603 g/mol. The predicted molar refractivity (Wildman–Crippen MR) is 191 cm³/mol. The summed E-state index contributed by atoms with van der Waals surface area (Å²) in [5.41, 5.74) is 12.7. The van der Waals surface area contributed by atoms with E-state index in [1.54, 1.807) is 0 Å². The van der Waals surface area contributed by atoms with Crippen molar-refractivity contribution >= 4 is 11.3 Å².